The van der Waals surface area contributed by atoms with Gasteiger partial charge in [-0.05, 0) is 48.4 Å². The highest BCUT2D eigenvalue weighted by Crippen LogP contribution is 2.44. The van der Waals surface area contributed by atoms with Gasteiger partial charge in [0.15, 0.2) is 0 Å². The monoisotopic (exact) mass is 478 g/mol. The topological polar surface area (TPSA) is 95.9 Å². The van der Waals surface area contributed by atoms with Crippen molar-refractivity contribution in [3.05, 3.63) is 59.7 Å². The lowest BCUT2D eigenvalue weighted by atomic mass is 9.76. The molecule has 2 amide bonds. The third-order valence-electron chi connectivity index (χ3n) is 7.56. The molecule has 1 atom stereocenters. The van der Waals surface area contributed by atoms with Crippen LogP contribution in [0.3, 0.4) is 0 Å². The zero-order chi connectivity index (χ0) is 25.4. The third-order valence-corrected chi connectivity index (χ3v) is 7.56. The number of fused-ring (bicyclic) bond motifs is 3. The Hall–Kier alpha value is -3.35. The number of likely N-dealkylation sites (tertiary alicyclic amines) is 1. The number of carboxylic acids is 1. The predicted molar refractivity (Wildman–Crippen MR) is 133 cm³/mol. The first kappa shape index (κ1) is 24.8. The Morgan fingerprint density at radius 3 is 2.17 bits per heavy atom. The summed E-state index contributed by atoms with van der Waals surface area (Å²) < 4.78 is 5.63. The van der Waals surface area contributed by atoms with Crippen molar-refractivity contribution in [2.45, 2.75) is 52.0 Å². The first-order chi connectivity index (χ1) is 16.5. The number of carbonyl (C=O) groups is 3. The number of carbonyl (C=O) groups excluding carboxylic acids is 2. The van der Waals surface area contributed by atoms with Crippen molar-refractivity contribution >= 4 is 18.0 Å². The Balaban J connectivity index is 1.35. The zero-order valence-corrected chi connectivity index (χ0v) is 20.8. The third kappa shape index (κ3) is 4.77. The second kappa shape index (κ2) is 9.36. The highest BCUT2D eigenvalue weighted by molar-refractivity contribution is 5.82. The van der Waals surface area contributed by atoms with Crippen LogP contribution in [0.1, 0.15) is 57.6 Å². The van der Waals surface area contributed by atoms with Crippen molar-refractivity contribution < 1.29 is 24.2 Å². The summed E-state index contributed by atoms with van der Waals surface area (Å²) in [6.07, 6.45) is -0.0788. The van der Waals surface area contributed by atoms with Crippen LogP contribution in [0.15, 0.2) is 48.5 Å². The second-order valence-electron chi connectivity index (χ2n) is 10.7. The highest BCUT2D eigenvalue weighted by Gasteiger charge is 2.48. The van der Waals surface area contributed by atoms with Gasteiger partial charge in [0.2, 0.25) is 5.91 Å². The fourth-order valence-electron chi connectivity index (χ4n) is 5.38. The van der Waals surface area contributed by atoms with E-state index in [0.29, 0.717) is 13.0 Å². The van der Waals surface area contributed by atoms with Gasteiger partial charge in [-0.1, -0.05) is 62.4 Å². The zero-order valence-electron chi connectivity index (χ0n) is 20.8. The normalized spacial score (nSPS) is 19.4. The number of nitrogens with zero attached hydrogens (tertiary/aromatic N) is 1. The van der Waals surface area contributed by atoms with E-state index in [1.807, 2.05) is 38.1 Å². The molecule has 2 aromatic carbocycles. The number of carboxylic acid groups (broad SMARTS) is 1. The summed E-state index contributed by atoms with van der Waals surface area (Å²) >= 11 is 0. The van der Waals surface area contributed by atoms with E-state index in [4.69, 9.17) is 4.74 Å². The second-order valence-corrected chi connectivity index (χ2v) is 10.7. The Morgan fingerprint density at radius 1 is 1.09 bits per heavy atom. The quantitative estimate of drug-likeness (QED) is 0.604. The average Bonchev–Trinajstić information content (AvgIpc) is 3.39. The summed E-state index contributed by atoms with van der Waals surface area (Å²) in [7, 11) is 0. The van der Waals surface area contributed by atoms with Gasteiger partial charge in [0.05, 0.1) is 5.41 Å². The van der Waals surface area contributed by atoms with Crippen LogP contribution in [-0.2, 0) is 14.3 Å². The van der Waals surface area contributed by atoms with Crippen LogP contribution in [0, 0.1) is 11.3 Å². The Bertz CT molecular complexity index is 1100. The molecule has 2 aliphatic rings. The summed E-state index contributed by atoms with van der Waals surface area (Å²) in [6, 6.07) is 16.3. The molecule has 2 N–H and O–H groups in total. The van der Waals surface area contributed by atoms with Gasteiger partial charge < -0.3 is 20.1 Å². The number of rotatable bonds is 7. The molecular formula is C28H34N2O5. The first-order valence-corrected chi connectivity index (χ1v) is 12.2. The van der Waals surface area contributed by atoms with Crippen LogP contribution in [-0.4, -0.2) is 53.2 Å². The number of hydrogen-bond donors (Lipinski definition) is 2. The van der Waals surface area contributed by atoms with Crippen LogP contribution in [0.4, 0.5) is 4.79 Å². The number of aliphatic carboxylic acids is 1. The molecule has 35 heavy (non-hydrogen) atoms. The molecule has 1 unspecified atom stereocenters. The maximum atomic E-state index is 13.0. The molecule has 0 bridgehead atoms. The molecule has 0 aromatic heterocycles. The summed E-state index contributed by atoms with van der Waals surface area (Å²) in [4.78, 5) is 39.1. The maximum absolute atomic E-state index is 13.0. The number of ether oxygens (including phenoxy) is 1. The molecule has 7 heteroatoms. The van der Waals surface area contributed by atoms with E-state index < -0.39 is 23.0 Å². The number of hydrogen-bond acceptors (Lipinski definition) is 4. The van der Waals surface area contributed by atoms with Crippen LogP contribution < -0.4 is 5.32 Å². The minimum atomic E-state index is -0.917. The number of alkyl carbamates (subject to hydrolysis) is 1. The van der Waals surface area contributed by atoms with Gasteiger partial charge in [0, 0.05) is 31.0 Å². The smallest absolute Gasteiger partial charge is 0.407 e. The molecular weight excluding hydrogens is 444 g/mol. The van der Waals surface area contributed by atoms with E-state index in [-0.39, 0.29) is 37.3 Å². The number of amides is 2. The molecule has 4 rings (SSSR count). The lowest BCUT2D eigenvalue weighted by Crippen LogP contribution is -2.48. The van der Waals surface area contributed by atoms with Gasteiger partial charge in [0.25, 0.3) is 0 Å². The molecule has 1 aliphatic carbocycles. The van der Waals surface area contributed by atoms with Gasteiger partial charge >= 0.3 is 12.1 Å². The van der Waals surface area contributed by atoms with E-state index in [0.717, 1.165) is 22.3 Å². The Labute approximate surface area is 206 Å². The summed E-state index contributed by atoms with van der Waals surface area (Å²) in [5.74, 6) is -1.15. The van der Waals surface area contributed by atoms with E-state index in [1.54, 1.807) is 18.7 Å². The SMILES string of the molecule is CC(C)C1(C(=O)O)CCN(C(=O)CC(C)(C)NC(=O)OCC2c3ccccc3-c3ccccc32)C1. The van der Waals surface area contributed by atoms with E-state index in [2.05, 4.69) is 29.6 Å². The van der Waals surface area contributed by atoms with Crippen molar-refractivity contribution in [3.8, 4) is 11.1 Å². The van der Waals surface area contributed by atoms with E-state index >= 15 is 0 Å². The summed E-state index contributed by atoms with van der Waals surface area (Å²) in [6.45, 7) is 8.11. The largest absolute Gasteiger partial charge is 0.481 e. The van der Waals surface area contributed by atoms with Gasteiger partial charge in [-0.15, -0.1) is 0 Å². The minimum Gasteiger partial charge on any atom is -0.481 e. The fourth-order valence-corrected chi connectivity index (χ4v) is 5.38. The van der Waals surface area contributed by atoms with E-state index in [9.17, 15) is 19.5 Å². The number of nitrogens with one attached hydrogen (secondary N) is 1. The molecule has 2 aromatic rings. The lowest BCUT2D eigenvalue weighted by molar-refractivity contribution is -0.151. The molecule has 1 aliphatic heterocycles. The van der Waals surface area contributed by atoms with Gasteiger partial charge in [0.1, 0.15) is 6.61 Å². The lowest BCUT2D eigenvalue weighted by Gasteiger charge is -2.30. The molecule has 0 spiro atoms. The Kier molecular flexibility index (Phi) is 6.62. The highest BCUT2D eigenvalue weighted by atomic mass is 16.5. The van der Waals surface area contributed by atoms with Crippen molar-refractivity contribution in [3.63, 3.8) is 0 Å². The molecule has 186 valence electrons. The van der Waals surface area contributed by atoms with Crippen LogP contribution in [0.2, 0.25) is 0 Å². The van der Waals surface area contributed by atoms with Gasteiger partial charge in [-0.2, -0.15) is 0 Å². The summed E-state index contributed by atoms with van der Waals surface area (Å²) in [5, 5.41) is 12.6. The van der Waals surface area contributed by atoms with Crippen molar-refractivity contribution in [2.75, 3.05) is 19.7 Å². The van der Waals surface area contributed by atoms with Crippen LogP contribution in [0.25, 0.3) is 11.1 Å². The standard InChI is InChI=1S/C28H34N2O5/c1-18(2)28(25(32)33)13-14-30(17-28)24(31)15-27(3,4)29-26(34)35-16-23-21-11-7-5-9-19(21)20-10-6-8-12-22(20)23/h5-12,18,23H,13-17H2,1-4H3,(H,29,34)(H,32,33). The molecule has 1 heterocycles. The predicted octanol–water partition coefficient (Wildman–Crippen LogP) is 4.65. The number of benzene rings is 2. The molecule has 7 nitrogen and oxygen atoms in total. The molecule has 0 radical (unpaired) electrons. The first-order valence-electron chi connectivity index (χ1n) is 12.2. The minimum absolute atomic E-state index is 0.0392. The maximum Gasteiger partial charge on any atom is 0.407 e. The molecule has 1 fully saturated rings. The van der Waals surface area contributed by atoms with Crippen LogP contribution in [0.5, 0.6) is 0 Å². The van der Waals surface area contributed by atoms with Gasteiger partial charge in [-0.25, -0.2) is 4.79 Å². The van der Waals surface area contributed by atoms with Gasteiger partial charge in [-0.3, -0.25) is 9.59 Å². The fraction of sp³-hybridized carbons (Fsp3) is 0.464. The average molecular weight is 479 g/mol. The van der Waals surface area contributed by atoms with E-state index in [1.165, 1.54) is 0 Å². The Morgan fingerprint density at radius 2 is 1.66 bits per heavy atom. The van der Waals surface area contributed by atoms with Crippen molar-refractivity contribution in [1.82, 2.24) is 10.2 Å². The van der Waals surface area contributed by atoms with Crippen molar-refractivity contribution in [1.29, 1.82) is 0 Å². The van der Waals surface area contributed by atoms with Crippen molar-refractivity contribution in [2.24, 2.45) is 11.3 Å². The molecule has 0 saturated carbocycles. The van der Waals surface area contributed by atoms with Crippen LogP contribution >= 0.6 is 0 Å². The summed E-state index contributed by atoms with van der Waals surface area (Å²) in [5.41, 5.74) is 2.83. The molecule has 1 saturated heterocycles.